The topological polar surface area (TPSA) is 54.4 Å². The third-order valence-electron chi connectivity index (χ3n) is 16.0. The van der Waals surface area contributed by atoms with Crippen molar-refractivity contribution >= 4 is 26.0 Å². The van der Waals surface area contributed by atoms with Crippen LogP contribution < -0.4 is 0 Å². The van der Waals surface area contributed by atoms with Gasteiger partial charge in [0.2, 0.25) is 0 Å². The van der Waals surface area contributed by atoms with Crippen molar-refractivity contribution in [2.45, 2.75) is 184 Å². The van der Waals surface area contributed by atoms with Crippen molar-refractivity contribution in [1.29, 1.82) is 0 Å². The highest BCUT2D eigenvalue weighted by Gasteiger charge is 2.54. The van der Waals surface area contributed by atoms with Crippen molar-refractivity contribution in [2.24, 2.45) is 29.1 Å². The van der Waals surface area contributed by atoms with Crippen LogP contribution in [0.2, 0.25) is 47.3 Å². The van der Waals surface area contributed by atoms with E-state index in [1.165, 1.54) is 17.6 Å². The minimum Gasteiger partial charge on any atom is -0.393 e. The monoisotopic (exact) mass is 753 g/mol. The molecule has 0 heterocycles. The molecule has 0 aromatic heterocycles. The number of benzene rings is 1. The number of aliphatic hydroxyl groups excluding tert-OH is 1. The summed E-state index contributed by atoms with van der Waals surface area (Å²) >= 11 is 0. The lowest BCUT2D eigenvalue weighted by molar-refractivity contribution is 0.0734. The van der Waals surface area contributed by atoms with Crippen LogP contribution >= 0.6 is 0 Å². The second kappa shape index (κ2) is 15.1. The lowest BCUT2D eigenvalue weighted by atomic mass is 9.60. The molecule has 3 aliphatic carbocycles. The molecule has 4 rings (SSSR count). The molecule has 3 fully saturated rings. The number of sulfone groups is 1. The minimum absolute atomic E-state index is 0.0110. The Bertz CT molecular complexity index is 1560. The molecular formula is C45H76O3SSi2. The van der Waals surface area contributed by atoms with Crippen LogP contribution in [0.4, 0.5) is 0 Å². The minimum atomic E-state index is -3.62. The number of allylic oxidation sites excluding steroid dienone is 5. The molecule has 8 atom stereocenters. The van der Waals surface area contributed by atoms with E-state index in [0.29, 0.717) is 26.4 Å². The lowest BCUT2D eigenvalue weighted by Crippen LogP contribution is -2.49. The maximum atomic E-state index is 14.3. The number of hydrogen-bond acceptors (Lipinski definition) is 3. The van der Waals surface area contributed by atoms with Crippen molar-refractivity contribution in [3.05, 3.63) is 65.8 Å². The van der Waals surface area contributed by atoms with Crippen molar-refractivity contribution in [1.82, 2.24) is 0 Å². The molecule has 0 saturated heterocycles. The summed E-state index contributed by atoms with van der Waals surface area (Å²) in [6.07, 6.45) is 12.7. The predicted molar refractivity (Wildman–Crippen MR) is 227 cm³/mol. The molecular weight excluding hydrogens is 677 g/mol. The van der Waals surface area contributed by atoms with Gasteiger partial charge in [0.25, 0.3) is 0 Å². The van der Waals surface area contributed by atoms with Crippen molar-refractivity contribution < 1.29 is 13.5 Å². The molecule has 3 aliphatic rings. The van der Waals surface area contributed by atoms with Gasteiger partial charge in [-0.25, -0.2) is 8.42 Å². The van der Waals surface area contributed by atoms with Crippen molar-refractivity contribution in [2.75, 3.05) is 0 Å². The molecule has 3 saturated carbocycles. The van der Waals surface area contributed by atoms with Gasteiger partial charge < -0.3 is 5.11 Å². The Morgan fingerprint density at radius 2 is 1.53 bits per heavy atom. The molecule has 51 heavy (non-hydrogen) atoms. The molecule has 0 bridgehead atoms. The summed E-state index contributed by atoms with van der Waals surface area (Å²) in [6.45, 7) is 38.9. The third kappa shape index (κ3) is 8.25. The van der Waals surface area contributed by atoms with Gasteiger partial charge in [-0.2, -0.15) is 0 Å². The van der Waals surface area contributed by atoms with Crippen LogP contribution in [0.25, 0.3) is 0 Å². The number of fused-ring (bicyclic) bond motifs is 1. The van der Waals surface area contributed by atoms with Gasteiger partial charge in [-0.3, -0.25) is 0 Å². The van der Waals surface area contributed by atoms with E-state index in [9.17, 15) is 13.5 Å². The highest BCUT2D eigenvalue weighted by Crippen LogP contribution is 2.62. The highest BCUT2D eigenvalue weighted by atomic mass is 32.2. The smallest absolute Gasteiger partial charge is 0.181 e. The summed E-state index contributed by atoms with van der Waals surface area (Å²) in [7, 11) is -6.90. The first-order chi connectivity index (χ1) is 23.3. The van der Waals surface area contributed by atoms with E-state index in [1.54, 1.807) is 17.7 Å². The zero-order chi connectivity index (χ0) is 38.5. The Hall–Kier alpha value is -1.22. The average molecular weight is 753 g/mol. The Balaban J connectivity index is 1.71. The van der Waals surface area contributed by atoms with Gasteiger partial charge >= 0.3 is 0 Å². The number of rotatable bonds is 10. The quantitative estimate of drug-likeness (QED) is 0.242. The molecule has 1 aromatic rings. The van der Waals surface area contributed by atoms with E-state index < -0.39 is 37.3 Å². The third-order valence-corrected chi connectivity index (χ3v) is 30.9. The first kappa shape index (κ1) is 42.5. The van der Waals surface area contributed by atoms with Gasteiger partial charge in [0.1, 0.15) is 0 Å². The Morgan fingerprint density at radius 3 is 2.08 bits per heavy atom. The fraction of sp³-hybridized carbons (Fsp3) is 0.733. The molecule has 0 amide bonds. The SMILES string of the molecule is C=C1C(=CC=C2CCC[C@]3(C)[C@@H]([C@H](C)C(C[C@@H](O)C(C)C)S(=O)(=O)c4ccccc4)CC[C@@H]23)C[C@@H]([Si](C)(C)C(C)(C)C)C[C@@H]1[Si](C)(C)C(C)(C)C. The number of hydrogen-bond donors (Lipinski definition) is 1. The lowest BCUT2D eigenvalue weighted by Gasteiger charge is -2.53. The molecule has 0 spiro atoms. The largest absolute Gasteiger partial charge is 0.393 e. The predicted octanol–water partition coefficient (Wildman–Crippen LogP) is 13.0. The zero-order valence-electron chi connectivity index (χ0n) is 35.2. The molecule has 1 N–H and O–H groups in total. The first-order valence-electron chi connectivity index (χ1n) is 20.3. The highest BCUT2D eigenvalue weighted by molar-refractivity contribution is 7.92. The molecule has 6 heteroatoms. The summed E-state index contributed by atoms with van der Waals surface area (Å²) in [5.41, 5.74) is 5.87. The van der Waals surface area contributed by atoms with Gasteiger partial charge in [0, 0.05) is 0 Å². The summed E-state index contributed by atoms with van der Waals surface area (Å²) in [5.74, 6) is 0.717. The molecule has 1 unspecified atom stereocenters. The standard InChI is InChI=1S/C45H76O3SSi2/c1-31(2)40(46)30-41(49(47,48)36-21-17-16-18-22-36)33(4)38-25-26-39-34(20-19-27-45(38,39)11)23-24-35-28-37(50(12,13)43(5,6)7)29-42(32(35)3)51(14,15)44(8,9)10/h16-18,21-24,31,33,37-42,46H,3,19-20,25-30H2,1-2,4-15H3/t33-,37+,38+,39-,40+,41?,42-,45+/m0/s1. The van der Waals surface area contributed by atoms with Crippen LogP contribution in [-0.2, 0) is 9.84 Å². The van der Waals surface area contributed by atoms with Gasteiger partial charge in [0.05, 0.1) is 32.4 Å². The normalized spacial score (nSPS) is 30.5. The Morgan fingerprint density at radius 1 is 0.941 bits per heavy atom. The van der Waals surface area contributed by atoms with Crippen LogP contribution in [0.15, 0.2) is 70.7 Å². The van der Waals surface area contributed by atoms with Crippen LogP contribution in [0, 0.1) is 29.1 Å². The maximum Gasteiger partial charge on any atom is 0.181 e. The first-order valence-corrected chi connectivity index (χ1v) is 28.0. The summed E-state index contributed by atoms with van der Waals surface area (Å²) < 4.78 is 28.6. The van der Waals surface area contributed by atoms with Gasteiger partial charge in [0.15, 0.2) is 9.84 Å². The van der Waals surface area contributed by atoms with Crippen LogP contribution in [0.1, 0.15) is 121 Å². The van der Waals surface area contributed by atoms with Gasteiger partial charge in [-0.15, -0.1) is 0 Å². The van der Waals surface area contributed by atoms with Crippen LogP contribution in [-0.4, -0.2) is 41.0 Å². The fourth-order valence-corrected chi connectivity index (χ4v) is 18.3. The van der Waals surface area contributed by atoms with E-state index in [4.69, 9.17) is 6.58 Å². The van der Waals surface area contributed by atoms with E-state index in [0.717, 1.165) is 44.1 Å². The average Bonchev–Trinajstić information content (AvgIpc) is 3.39. The maximum absolute atomic E-state index is 14.3. The van der Waals surface area contributed by atoms with Crippen molar-refractivity contribution in [3.63, 3.8) is 0 Å². The Labute approximate surface area is 317 Å². The Kier molecular flexibility index (Phi) is 12.6. The molecule has 0 aliphatic heterocycles. The fourth-order valence-electron chi connectivity index (χ4n) is 10.2. The molecule has 0 radical (unpaired) electrons. The number of aliphatic hydroxyl groups is 1. The second-order valence-electron chi connectivity index (χ2n) is 21.0. The summed E-state index contributed by atoms with van der Waals surface area (Å²) in [4.78, 5) is 0.382. The van der Waals surface area contributed by atoms with Crippen LogP contribution in [0.3, 0.4) is 0 Å². The van der Waals surface area contributed by atoms with Gasteiger partial charge in [-0.05, 0) is 119 Å². The molecule has 288 valence electrons. The van der Waals surface area contributed by atoms with Crippen molar-refractivity contribution in [3.8, 4) is 0 Å². The van der Waals surface area contributed by atoms with E-state index >= 15 is 0 Å². The molecule has 1 aromatic carbocycles. The van der Waals surface area contributed by atoms with Crippen LogP contribution in [0.5, 0.6) is 0 Å². The van der Waals surface area contributed by atoms with E-state index in [-0.39, 0.29) is 29.6 Å². The second-order valence-corrected chi connectivity index (χ2v) is 34.6. The summed E-state index contributed by atoms with van der Waals surface area (Å²) in [5, 5.41) is 11.1. The zero-order valence-corrected chi connectivity index (χ0v) is 38.0. The molecule has 3 nitrogen and oxygen atoms in total. The van der Waals surface area contributed by atoms with Gasteiger partial charge in [-0.1, -0.05) is 144 Å². The summed E-state index contributed by atoms with van der Waals surface area (Å²) in [6, 6.07) is 8.97. The van der Waals surface area contributed by atoms with E-state index in [2.05, 4.69) is 93.7 Å². The van der Waals surface area contributed by atoms with E-state index in [1.807, 2.05) is 32.0 Å².